The van der Waals surface area contributed by atoms with Gasteiger partial charge < -0.3 is 4.90 Å². The first kappa shape index (κ1) is 12.4. The predicted octanol–water partition coefficient (Wildman–Crippen LogP) is 2.21. The molecule has 4 heteroatoms. The Balaban J connectivity index is 1.71. The topological polar surface area (TPSA) is 23.6 Å². The summed E-state index contributed by atoms with van der Waals surface area (Å²) in [6, 6.07) is 8.47. The van der Waals surface area contributed by atoms with Gasteiger partial charge in [0.2, 0.25) is 0 Å². The number of carbonyl (C=O) groups is 1. The number of hydrogen-bond donors (Lipinski definition) is 0. The molecule has 2 fully saturated rings. The van der Waals surface area contributed by atoms with E-state index in [1.165, 1.54) is 23.0 Å². The zero-order chi connectivity index (χ0) is 12.5. The second-order valence-corrected chi connectivity index (χ2v) is 6.34. The van der Waals surface area contributed by atoms with Gasteiger partial charge in [0.25, 0.3) is 5.91 Å². The minimum atomic E-state index is 0.193. The maximum absolute atomic E-state index is 12.4. The molecule has 0 spiro atoms. The molecular formula is C14H17IN2O. The van der Waals surface area contributed by atoms with Gasteiger partial charge in [0, 0.05) is 34.8 Å². The zero-order valence-corrected chi connectivity index (χ0v) is 12.5. The van der Waals surface area contributed by atoms with E-state index in [0.29, 0.717) is 6.04 Å². The van der Waals surface area contributed by atoms with E-state index in [1.807, 2.05) is 29.2 Å². The molecule has 3 rings (SSSR count). The Morgan fingerprint density at radius 1 is 1.17 bits per heavy atom. The van der Waals surface area contributed by atoms with Crippen LogP contribution in [-0.2, 0) is 0 Å². The van der Waals surface area contributed by atoms with E-state index < -0.39 is 0 Å². The van der Waals surface area contributed by atoms with Gasteiger partial charge in [-0.1, -0.05) is 0 Å². The van der Waals surface area contributed by atoms with Crippen LogP contribution < -0.4 is 0 Å². The number of benzene rings is 1. The van der Waals surface area contributed by atoms with Crippen molar-refractivity contribution in [2.75, 3.05) is 26.2 Å². The van der Waals surface area contributed by atoms with Crippen LogP contribution in [0.2, 0.25) is 0 Å². The van der Waals surface area contributed by atoms with Gasteiger partial charge >= 0.3 is 0 Å². The molecule has 0 radical (unpaired) electrons. The summed E-state index contributed by atoms with van der Waals surface area (Å²) in [7, 11) is 0. The summed E-state index contributed by atoms with van der Waals surface area (Å²) in [5.74, 6) is 0.193. The molecule has 1 aromatic carbocycles. The van der Waals surface area contributed by atoms with Crippen molar-refractivity contribution in [3.05, 3.63) is 33.4 Å². The van der Waals surface area contributed by atoms with Crippen LogP contribution in [0.3, 0.4) is 0 Å². The predicted molar refractivity (Wildman–Crippen MR) is 79.7 cm³/mol. The molecule has 3 nitrogen and oxygen atoms in total. The second kappa shape index (κ2) is 5.17. The molecule has 2 aliphatic rings. The summed E-state index contributed by atoms with van der Waals surface area (Å²) in [5.41, 5.74) is 0.821. The lowest BCUT2D eigenvalue weighted by atomic mass is 10.1. The fraction of sp³-hybridized carbons (Fsp3) is 0.500. The molecule has 96 valence electrons. The third kappa shape index (κ3) is 2.40. The van der Waals surface area contributed by atoms with E-state index in [4.69, 9.17) is 0 Å². The van der Waals surface area contributed by atoms with Crippen LogP contribution in [0.15, 0.2) is 24.3 Å². The van der Waals surface area contributed by atoms with Gasteiger partial charge in [-0.2, -0.15) is 0 Å². The van der Waals surface area contributed by atoms with Crippen LogP contribution in [0, 0.1) is 3.57 Å². The molecule has 2 saturated heterocycles. The third-order valence-electron chi connectivity index (χ3n) is 3.97. The van der Waals surface area contributed by atoms with Crippen LogP contribution in [-0.4, -0.2) is 47.9 Å². The standard InChI is InChI=1S/C14H17IN2O/c15-12-5-3-11(4-6-12)14(18)17-9-8-16-7-1-2-13(16)10-17/h3-6,13H,1-2,7-10H2. The fourth-order valence-corrected chi connectivity index (χ4v) is 3.31. The van der Waals surface area contributed by atoms with E-state index in [-0.39, 0.29) is 5.91 Å². The number of piperazine rings is 1. The number of carbonyl (C=O) groups excluding carboxylic acids is 1. The van der Waals surface area contributed by atoms with E-state index in [2.05, 4.69) is 27.5 Å². The Labute approximate surface area is 121 Å². The lowest BCUT2D eigenvalue weighted by Gasteiger charge is -2.37. The quantitative estimate of drug-likeness (QED) is 0.721. The Kier molecular flexibility index (Phi) is 3.56. The highest BCUT2D eigenvalue weighted by atomic mass is 127. The first-order valence-electron chi connectivity index (χ1n) is 6.53. The van der Waals surface area contributed by atoms with Crippen LogP contribution in [0.4, 0.5) is 0 Å². The van der Waals surface area contributed by atoms with Crippen molar-refractivity contribution in [1.82, 2.24) is 9.80 Å². The van der Waals surface area contributed by atoms with Crippen LogP contribution >= 0.6 is 22.6 Å². The molecular weight excluding hydrogens is 339 g/mol. The number of fused-ring (bicyclic) bond motifs is 1. The number of hydrogen-bond acceptors (Lipinski definition) is 2. The van der Waals surface area contributed by atoms with E-state index in [1.54, 1.807) is 0 Å². The normalized spacial score (nSPS) is 24.1. The maximum atomic E-state index is 12.4. The maximum Gasteiger partial charge on any atom is 0.253 e. The average molecular weight is 356 g/mol. The Morgan fingerprint density at radius 2 is 1.94 bits per heavy atom. The molecule has 0 N–H and O–H groups in total. The lowest BCUT2D eigenvalue weighted by molar-refractivity contribution is 0.0571. The first-order valence-corrected chi connectivity index (χ1v) is 7.61. The van der Waals surface area contributed by atoms with E-state index >= 15 is 0 Å². The molecule has 2 heterocycles. The van der Waals surface area contributed by atoms with Crippen LogP contribution in [0.1, 0.15) is 23.2 Å². The van der Waals surface area contributed by atoms with Gasteiger partial charge in [-0.3, -0.25) is 9.69 Å². The molecule has 0 aliphatic carbocycles. The Bertz CT molecular complexity index is 446. The molecule has 0 bridgehead atoms. The van der Waals surface area contributed by atoms with E-state index in [0.717, 1.165) is 25.2 Å². The minimum absolute atomic E-state index is 0.193. The summed E-state index contributed by atoms with van der Waals surface area (Å²) < 4.78 is 1.17. The Hall–Kier alpha value is -0.620. The third-order valence-corrected chi connectivity index (χ3v) is 4.68. The number of amides is 1. The molecule has 0 saturated carbocycles. The van der Waals surface area contributed by atoms with Crippen LogP contribution in [0.25, 0.3) is 0 Å². The monoisotopic (exact) mass is 356 g/mol. The van der Waals surface area contributed by atoms with Crippen molar-refractivity contribution < 1.29 is 4.79 Å². The number of nitrogens with zero attached hydrogens (tertiary/aromatic N) is 2. The summed E-state index contributed by atoms with van der Waals surface area (Å²) in [5, 5.41) is 0. The minimum Gasteiger partial charge on any atom is -0.336 e. The number of halogens is 1. The van der Waals surface area contributed by atoms with Crippen molar-refractivity contribution in [2.45, 2.75) is 18.9 Å². The largest absolute Gasteiger partial charge is 0.336 e. The molecule has 1 aromatic rings. The highest BCUT2D eigenvalue weighted by Crippen LogP contribution is 2.22. The molecule has 18 heavy (non-hydrogen) atoms. The van der Waals surface area contributed by atoms with Crippen LogP contribution in [0.5, 0.6) is 0 Å². The van der Waals surface area contributed by atoms with Gasteiger partial charge in [0.15, 0.2) is 0 Å². The first-order chi connectivity index (χ1) is 8.74. The van der Waals surface area contributed by atoms with Gasteiger partial charge in [-0.25, -0.2) is 0 Å². The van der Waals surface area contributed by atoms with Gasteiger partial charge in [-0.05, 0) is 66.2 Å². The van der Waals surface area contributed by atoms with Crippen molar-refractivity contribution in [3.63, 3.8) is 0 Å². The summed E-state index contributed by atoms with van der Waals surface area (Å²) in [6.07, 6.45) is 2.53. The highest BCUT2D eigenvalue weighted by Gasteiger charge is 2.32. The van der Waals surface area contributed by atoms with Gasteiger partial charge in [0.05, 0.1) is 0 Å². The van der Waals surface area contributed by atoms with Crippen molar-refractivity contribution in [1.29, 1.82) is 0 Å². The van der Waals surface area contributed by atoms with Crippen molar-refractivity contribution in [2.24, 2.45) is 0 Å². The second-order valence-electron chi connectivity index (χ2n) is 5.09. The Morgan fingerprint density at radius 3 is 2.72 bits per heavy atom. The van der Waals surface area contributed by atoms with Crippen molar-refractivity contribution in [3.8, 4) is 0 Å². The summed E-state index contributed by atoms with van der Waals surface area (Å²) in [6.45, 7) is 4.04. The smallest absolute Gasteiger partial charge is 0.253 e. The van der Waals surface area contributed by atoms with E-state index in [9.17, 15) is 4.79 Å². The molecule has 1 amide bonds. The van der Waals surface area contributed by atoms with Crippen molar-refractivity contribution >= 4 is 28.5 Å². The molecule has 2 aliphatic heterocycles. The van der Waals surface area contributed by atoms with Gasteiger partial charge in [0.1, 0.15) is 0 Å². The summed E-state index contributed by atoms with van der Waals surface area (Å²) >= 11 is 2.26. The SMILES string of the molecule is O=C(c1ccc(I)cc1)N1CCN2CCCC2C1. The summed E-state index contributed by atoms with van der Waals surface area (Å²) in [4.78, 5) is 17.0. The molecule has 0 aromatic heterocycles. The molecule has 1 unspecified atom stereocenters. The average Bonchev–Trinajstić information content (AvgIpc) is 2.86. The fourth-order valence-electron chi connectivity index (χ4n) is 2.95. The lowest BCUT2D eigenvalue weighted by Crippen LogP contribution is -2.52. The zero-order valence-electron chi connectivity index (χ0n) is 10.3. The van der Waals surface area contributed by atoms with Gasteiger partial charge in [-0.15, -0.1) is 0 Å². The highest BCUT2D eigenvalue weighted by molar-refractivity contribution is 14.1. The molecule has 1 atom stereocenters. The number of rotatable bonds is 1.